The molecule has 2 aliphatic rings. The normalized spacial score (nSPS) is 27.2. The monoisotopic (exact) mass is 289 g/mol. The number of halogens is 1. The average molecular weight is 289 g/mol. The van der Waals surface area contributed by atoms with Gasteiger partial charge < -0.3 is 14.6 Å². The molecular weight excluding hydrogens is 273 g/mol. The summed E-state index contributed by atoms with van der Waals surface area (Å²) in [5.41, 5.74) is 0.694. The lowest BCUT2D eigenvalue weighted by Gasteiger charge is -2.15. The molecule has 1 aromatic heterocycles. The molecule has 0 saturated carbocycles. The molecule has 3 unspecified atom stereocenters. The third kappa shape index (κ3) is 2.10. The third-order valence-corrected chi connectivity index (χ3v) is 4.47. The van der Waals surface area contributed by atoms with Crippen LogP contribution in [0, 0.1) is 5.82 Å². The molecule has 0 radical (unpaired) electrons. The van der Waals surface area contributed by atoms with Crippen LogP contribution < -0.4 is 10.1 Å². The van der Waals surface area contributed by atoms with Crippen LogP contribution in [0.1, 0.15) is 31.1 Å². The summed E-state index contributed by atoms with van der Waals surface area (Å²) in [6.45, 7) is 0. The Morgan fingerprint density at radius 1 is 1.38 bits per heavy atom. The van der Waals surface area contributed by atoms with Crippen molar-refractivity contribution < 1.29 is 13.7 Å². The van der Waals surface area contributed by atoms with E-state index in [1.54, 1.807) is 12.1 Å². The molecule has 2 aliphatic heterocycles. The van der Waals surface area contributed by atoms with Gasteiger partial charge in [-0.2, -0.15) is 4.98 Å². The maximum Gasteiger partial charge on any atom is 0.231 e. The van der Waals surface area contributed by atoms with Crippen LogP contribution in [0.5, 0.6) is 5.75 Å². The third-order valence-electron chi connectivity index (χ3n) is 4.47. The van der Waals surface area contributed by atoms with Crippen LogP contribution in [-0.2, 0) is 0 Å². The van der Waals surface area contributed by atoms with Gasteiger partial charge >= 0.3 is 0 Å². The standard InChI is InChI=1S/C15H16FN3O2/c1-20-13-6-8(2-4-11(13)16)14-18-15(21-19-14)10-7-9-3-5-12(10)17-9/h2,4,6,9-10,12,17H,3,5,7H2,1H3. The molecule has 4 rings (SSSR count). The summed E-state index contributed by atoms with van der Waals surface area (Å²) in [6, 6.07) is 5.60. The van der Waals surface area contributed by atoms with E-state index < -0.39 is 5.82 Å². The highest BCUT2D eigenvalue weighted by Gasteiger charge is 2.42. The lowest BCUT2D eigenvalue weighted by molar-refractivity contribution is 0.329. The molecule has 0 aliphatic carbocycles. The van der Waals surface area contributed by atoms with E-state index in [9.17, 15) is 4.39 Å². The van der Waals surface area contributed by atoms with Gasteiger partial charge in [0.1, 0.15) is 0 Å². The van der Waals surface area contributed by atoms with E-state index >= 15 is 0 Å². The first-order chi connectivity index (χ1) is 10.2. The number of aromatic nitrogens is 2. The van der Waals surface area contributed by atoms with E-state index in [1.807, 2.05) is 0 Å². The molecule has 3 atom stereocenters. The van der Waals surface area contributed by atoms with Crippen LogP contribution in [0.4, 0.5) is 4.39 Å². The highest BCUT2D eigenvalue weighted by Crippen LogP contribution is 2.39. The van der Waals surface area contributed by atoms with Gasteiger partial charge in [0.15, 0.2) is 11.6 Å². The highest BCUT2D eigenvalue weighted by atomic mass is 19.1. The van der Waals surface area contributed by atoms with Gasteiger partial charge in [-0.1, -0.05) is 5.16 Å². The average Bonchev–Trinajstić information content (AvgIpc) is 3.23. The minimum absolute atomic E-state index is 0.181. The Kier molecular flexibility index (Phi) is 2.92. The summed E-state index contributed by atoms with van der Waals surface area (Å²) in [7, 11) is 1.44. The molecule has 110 valence electrons. The first-order valence-corrected chi connectivity index (χ1v) is 7.18. The number of hydrogen-bond acceptors (Lipinski definition) is 5. The Labute approximate surface area is 121 Å². The topological polar surface area (TPSA) is 60.2 Å². The fourth-order valence-corrected chi connectivity index (χ4v) is 3.40. The molecule has 2 bridgehead atoms. The molecule has 3 heterocycles. The Morgan fingerprint density at radius 2 is 2.29 bits per heavy atom. The van der Waals surface area contributed by atoms with Crippen molar-refractivity contribution in [3.05, 3.63) is 29.9 Å². The predicted octanol–water partition coefficient (Wildman–Crippen LogP) is 2.49. The van der Waals surface area contributed by atoms with Crippen LogP contribution in [0.2, 0.25) is 0 Å². The zero-order valence-electron chi connectivity index (χ0n) is 11.7. The van der Waals surface area contributed by atoms with Crippen LogP contribution in [-0.4, -0.2) is 29.3 Å². The Balaban J connectivity index is 1.62. The summed E-state index contributed by atoms with van der Waals surface area (Å²) in [4.78, 5) is 4.49. The smallest absolute Gasteiger partial charge is 0.231 e. The summed E-state index contributed by atoms with van der Waals surface area (Å²) in [5.74, 6) is 1.23. The van der Waals surface area contributed by atoms with Gasteiger partial charge in [0, 0.05) is 17.6 Å². The van der Waals surface area contributed by atoms with Gasteiger partial charge in [-0.15, -0.1) is 0 Å². The van der Waals surface area contributed by atoms with Gasteiger partial charge in [0.05, 0.1) is 13.0 Å². The number of benzene rings is 1. The maximum atomic E-state index is 13.4. The maximum absolute atomic E-state index is 13.4. The first kappa shape index (κ1) is 12.8. The van der Waals surface area contributed by atoms with E-state index in [2.05, 4.69) is 15.5 Å². The molecule has 0 amide bonds. The van der Waals surface area contributed by atoms with Crippen LogP contribution in [0.3, 0.4) is 0 Å². The summed E-state index contributed by atoms with van der Waals surface area (Å²) >= 11 is 0. The molecule has 1 aromatic carbocycles. The SMILES string of the molecule is COc1cc(-c2noc(C3CC4CCC3N4)n2)ccc1F. The number of nitrogens with one attached hydrogen (secondary N) is 1. The first-order valence-electron chi connectivity index (χ1n) is 7.18. The second kappa shape index (κ2) is 4.80. The van der Waals surface area contributed by atoms with Crippen molar-refractivity contribution in [1.82, 2.24) is 15.5 Å². The van der Waals surface area contributed by atoms with Gasteiger partial charge in [0.2, 0.25) is 11.7 Å². The molecule has 21 heavy (non-hydrogen) atoms. The van der Waals surface area contributed by atoms with E-state index in [-0.39, 0.29) is 5.75 Å². The fraction of sp³-hybridized carbons (Fsp3) is 0.467. The van der Waals surface area contributed by atoms with Gasteiger partial charge in [-0.3, -0.25) is 0 Å². The number of nitrogens with zero attached hydrogens (tertiary/aromatic N) is 2. The second-order valence-electron chi connectivity index (χ2n) is 5.70. The molecule has 5 nitrogen and oxygen atoms in total. The molecule has 1 N–H and O–H groups in total. The van der Waals surface area contributed by atoms with E-state index in [4.69, 9.17) is 9.26 Å². The molecule has 2 aromatic rings. The summed E-state index contributed by atoms with van der Waals surface area (Å²) in [6.07, 6.45) is 3.45. The fourth-order valence-electron chi connectivity index (χ4n) is 3.40. The van der Waals surface area contributed by atoms with Gasteiger partial charge in [-0.25, -0.2) is 4.39 Å². The number of hydrogen-bond donors (Lipinski definition) is 1. The Morgan fingerprint density at radius 3 is 3.00 bits per heavy atom. The number of rotatable bonds is 3. The summed E-state index contributed by atoms with van der Waals surface area (Å²) < 4.78 is 23.8. The zero-order valence-corrected chi connectivity index (χ0v) is 11.7. The highest BCUT2D eigenvalue weighted by molar-refractivity contribution is 5.57. The van der Waals surface area contributed by atoms with Crippen molar-refractivity contribution in [3.63, 3.8) is 0 Å². The van der Waals surface area contributed by atoms with Crippen LogP contribution >= 0.6 is 0 Å². The van der Waals surface area contributed by atoms with Crippen molar-refractivity contribution in [3.8, 4) is 17.1 Å². The minimum atomic E-state index is -0.401. The number of ether oxygens (including phenoxy) is 1. The predicted molar refractivity (Wildman–Crippen MR) is 73.5 cm³/mol. The Bertz CT molecular complexity index is 673. The largest absolute Gasteiger partial charge is 0.494 e. The van der Waals surface area contributed by atoms with Gasteiger partial charge in [0.25, 0.3) is 0 Å². The van der Waals surface area contributed by atoms with Crippen LogP contribution in [0.15, 0.2) is 22.7 Å². The van der Waals surface area contributed by atoms with Gasteiger partial charge in [-0.05, 0) is 37.5 Å². The quantitative estimate of drug-likeness (QED) is 0.940. The number of fused-ring (bicyclic) bond motifs is 2. The minimum Gasteiger partial charge on any atom is -0.494 e. The second-order valence-corrected chi connectivity index (χ2v) is 5.70. The Hall–Kier alpha value is -1.95. The number of methoxy groups -OCH3 is 1. The van der Waals surface area contributed by atoms with Crippen molar-refractivity contribution in [1.29, 1.82) is 0 Å². The van der Waals surface area contributed by atoms with E-state index in [0.717, 1.165) is 12.8 Å². The van der Waals surface area contributed by atoms with Crippen LogP contribution in [0.25, 0.3) is 11.4 Å². The lowest BCUT2D eigenvalue weighted by Crippen LogP contribution is -2.21. The summed E-state index contributed by atoms with van der Waals surface area (Å²) in [5, 5.41) is 7.58. The van der Waals surface area contributed by atoms with E-state index in [1.165, 1.54) is 19.6 Å². The van der Waals surface area contributed by atoms with Crippen molar-refractivity contribution in [2.45, 2.75) is 37.3 Å². The van der Waals surface area contributed by atoms with E-state index in [0.29, 0.717) is 35.3 Å². The molecule has 6 heteroatoms. The molecule has 0 spiro atoms. The van der Waals surface area contributed by atoms with Crippen molar-refractivity contribution in [2.24, 2.45) is 0 Å². The lowest BCUT2D eigenvalue weighted by atomic mass is 9.89. The van der Waals surface area contributed by atoms with Crippen molar-refractivity contribution >= 4 is 0 Å². The van der Waals surface area contributed by atoms with Crippen molar-refractivity contribution in [2.75, 3.05) is 7.11 Å². The molecule has 2 saturated heterocycles. The molecular formula is C15H16FN3O2. The zero-order chi connectivity index (χ0) is 14.4. The molecule has 2 fully saturated rings.